The van der Waals surface area contributed by atoms with E-state index in [1.165, 1.54) is 19.3 Å². The molecule has 1 aromatic carbocycles. The smallest absolute Gasteiger partial charge is 0.119 e. The Hall–Kier alpha value is -1.06. The van der Waals surface area contributed by atoms with Crippen LogP contribution in [0, 0.1) is 5.92 Å². The van der Waals surface area contributed by atoms with Crippen molar-refractivity contribution in [3.8, 4) is 5.75 Å². The van der Waals surface area contributed by atoms with Crippen LogP contribution in [0.1, 0.15) is 37.4 Å². The van der Waals surface area contributed by atoms with Crippen molar-refractivity contribution in [3.63, 3.8) is 0 Å². The van der Waals surface area contributed by atoms with E-state index in [2.05, 4.69) is 0 Å². The molecule has 1 unspecified atom stereocenters. The summed E-state index contributed by atoms with van der Waals surface area (Å²) in [6, 6.07) is 7.69. The normalized spacial score (nSPS) is 17.5. The van der Waals surface area contributed by atoms with E-state index in [4.69, 9.17) is 10.5 Å². The van der Waals surface area contributed by atoms with Crippen molar-refractivity contribution in [3.05, 3.63) is 29.8 Å². The molecular formula is C14H21NO2. The van der Waals surface area contributed by atoms with Crippen LogP contribution in [0.3, 0.4) is 0 Å². The van der Waals surface area contributed by atoms with Crippen LogP contribution >= 0.6 is 0 Å². The first-order chi connectivity index (χ1) is 8.29. The molecule has 0 radical (unpaired) electrons. The van der Waals surface area contributed by atoms with E-state index < -0.39 is 6.10 Å². The summed E-state index contributed by atoms with van der Waals surface area (Å²) in [5.74, 6) is 1.58. The molecule has 0 heterocycles. The molecule has 0 aromatic heterocycles. The van der Waals surface area contributed by atoms with Gasteiger partial charge in [0.25, 0.3) is 0 Å². The van der Waals surface area contributed by atoms with E-state index in [0.717, 1.165) is 23.8 Å². The molecule has 17 heavy (non-hydrogen) atoms. The Bertz CT molecular complexity index is 350. The fourth-order valence-electron chi connectivity index (χ4n) is 2.01. The maximum atomic E-state index is 9.84. The highest BCUT2D eigenvalue weighted by Crippen LogP contribution is 2.28. The van der Waals surface area contributed by atoms with Crippen molar-refractivity contribution in [2.75, 3.05) is 13.2 Å². The molecule has 3 heteroatoms. The van der Waals surface area contributed by atoms with Crippen molar-refractivity contribution < 1.29 is 9.84 Å². The minimum absolute atomic E-state index is 0.479. The van der Waals surface area contributed by atoms with Crippen LogP contribution in [0.4, 0.5) is 0 Å². The second-order valence-corrected chi connectivity index (χ2v) is 4.77. The molecule has 0 saturated heterocycles. The Labute approximate surface area is 103 Å². The molecule has 1 fully saturated rings. The molecule has 1 aromatic rings. The summed E-state index contributed by atoms with van der Waals surface area (Å²) in [5, 5.41) is 9.84. The minimum Gasteiger partial charge on any atom is -0.493 e. The summed E-state index contributed by atoms with van der Waals surface area (Å²) >= 11 is 0. The fraction of sp³-hybridized carbons (Fsp3) is 0.571. The molecule has 1 saturated carbocycles. The zero-order valence-electron chi connectivity index (χ0n) is 10.1. The van der Waals surface area contributed by atoms with E-state index >= 15 is 0 Å². The number of hydrogen-bond donors (Lipinski definition) is 2. The Morgan fingerprint density at radius 2 is 2.24 bits per heavy atom. The number of hydrogen-bond acceptors (Lipinski definition) is 3. The van der Waals surface area contributed by atoms with Gasteiger partial charge in [0.2, 0.25) is 0 Å². The van der Waals surface area contributed by atoms with Crippen LogP contribution in [-0.2, 0) is 0 Å². The Balaban J connectivity index is 1.90. The van der Waals surface area contributed by atoms with Crippen molar-refractivity contribution in [2.45, 2.75) is 31.8 Å². The number of rotatable bonds is 6. The van der Waals surface area contributed by atoms with Crippen LogP contribution in [0.5, 0.6) is 5.75 Å². The summed E-state index contributed by atoms with van der Waals surface area (Å²) < 4.78 is 5.74. The summed E-state index contributed by atoms with van der Waals surface area (Å²) in [6.45, 7) is 1.30. The van der Waals surface area contributed by atoms with Crippen molar-refractivity contribution >= 4 is 0 Å². The number of aliphatic hydroxyl groups excluding tert-OH is 1. The van der Waals surface area contributed by atoms with Gasteiger partial charge < -0.3 is 15.6 Å². The summed E-state index contributed by atoms with van der Waals surface area (Å²) in [6.07, 6.45) is 4.02. The third kappa shape index (κ3) is 3.45. The summed E-state index contributed by atoms with van der Waals surface area (Å²) in [4.78, 5) is 0. The molecule has 2 rings (SSSR count). The van der Waals surface area contributed by atoms with Gasteiger partial charge in [0.05, 0.1) is 12.7 Å². The number of ether oxygens (including phenoxy) is 1. The highest BCUT2D eigenvalue weighted by molar-refractivity contribution is 5.29. The third-order valence-corrected chi connectivity index (χ3v) is 3.39. The molecule has 3 N–H and O–H groups in total. The van der Waals surface area contributed by atoms with E-state index in [1.807, 2.05) is 24.3 Å². The SMILES string of the molecule is NCCC(O)c1cccc(OCC2CCC2)c1. The second-order valence-electron chi connectivity index (χ2n) is 4.77. The van der Waals surface area contributed by atoms with E-state index in [0.29, 0.717) is 13.0 Å². The van der Waals surface area contributed by atoms with E-state index in [9.17, 15) is 5.11 Å². The van der Waals surface area contributed by atoms with Gasteiger partial charge in [-0.3, -0.25) is 0 Å². The lowest BCUT2D eigenvalue weighted by Gasteiger charge is -2.25. The maximum Gasteiger partial charge on any atom is 0.119 e. The van der Waals surface area contributed by atoms with Gasteiger partial charge in [-0.15, -0.1) is 0 Å². The predicted molar refractivity (Wildman–Crippen MR) is 67.9 cm³/mol. The van der Waals surface area contributed by atoms with Crippen molar-refractivity contribution in [1.82, 2.24) is 0 Å². The second kappa shape index (κ2) is 6.03. The Kier molecular flexibility index (Phi) is 4.40. The van der Waals surface area contributed by atoms with Crippen LogP contribution in [0.25, 0.3) is 0 Å². The van der Waals surface area contributed by atoms with Gasteiger partial charge in [-0.2, -0.15) is 0 Å². The molecule has 1 aliphatic carbocycles. The van der Waals surface area contributed by atoms with Gasteiger partial charge in [0, 0.05) is 0 Å². The fourth-order valence-corrected chi connectivity index (χ4v) is 2.01. The Morgan fingerprint density at radius 3 is 2.88 bits per heavy atom. The topological polar surface area (TPSA) is 55.5 Å². The molecule has 94 valence electrons. The largest absolute Gasteiger partial charge is 0.493 e. The van der Waals surface area contributed by atoms with Crippen molar-refractivity contribution in [1.29, 1.82) is 0 Å². The van der Waals surface area contributed by atoms with Gasteiger partial charge >= 0.3 is 0 Å². The maximum absolute atomic E-state index is 9.84. The average molecular weight is 235 g/mol. The molecule has 1 atom stereocenters. The standard InChI is InChI=1S/C14H21NO2/c15-8-7-14(16)12-5-2-6-13(9-12)17-10-11-3-1-4-11/h2,5-6,9,11,14,16H,1,3-4,7-8,10,15H2. The van der Waals surface area contributed by atoms with Gasteiger partial charge in [0.15, 0.2) is 0 Å². The first kappa shape index (κ1) is 12.4. The lowest BCUT2D eigenvalue weighted by molar-refractivity contribution is 0.166. The van der Waals surface area contributed by atoms with E-state index in [1.54, 1.807) is 0 Å². The Morgan fingerprint density at radius 1 is 1.41 bits per heavy atom. The number of nitrogens with two attached hydrogens (primary N) is 1. The molecule has 0 spiro atoms. The van der Waals surface area contributed by atoms with Gasteiger partial charge in [0.1, 0.15) is 5.75 Å². The van der Waals surface area contributed by atoms with Crippen molar-refractivity contribution in [2.24, 2.45) is 11.7 Å². The molecule has 0 aliphatic heterocycles. The monoisotopic (exact) mass is 235 g/mol. The predicted octanol–water partition coefficient (Wildman–Crippen LogP) is 2.25. The molecular weight excluding hydrogens is 214 g/mol. The molecule has 0 bridgehead atoms. The van der Waals surface area contributed by atoms with Crippen LogP contribution in [-0.4, -0.2) is 18.3 Å². The van der Waals surface area contributed by atoms with Gasteiger partial charge in [-0.25, -0.2) is 0 Å². The molecule has 0 amide bonds. The zero-order valence-corrected chi connectivity index (χ0v) is 10.1. The third-order valence-electron chi connectivity index (χ3n) is 3.39. The van der Waals surface area contributed by atoms with Gasteiger partial charge in [-0.1, -0.05) is 18.6 Å². The molecule has 3 nitrogen and oxygen atoms in total. The van der Waals surface area contributed by atoms with Crippen LogP contribution in [0.2, 0.25) is 0 Å². The van der Waals surface area contributed by atoms with Crippen LogP contribution < -0.4 is 10.5 Å². The number of aliphatic hydroxyl groups is 1. The highest BCUT2D eigenvalue weighted by atomic mass is 16.5. The van der Waals surface area contributed by atoms with Crippen LogP contribution in [0.15, 0.2) is 24.3 Å². The minimum atomic E-state index is -0.479. The molecule has 1 aliphatic rings. The summed E-state index contributed by atoms with van der Waals surface area (Å²) in [7, 11) is 0. The number of benzene rings is 1. The van der Waals surface area contributed by atoms with Gasteiger partial charge in [-0.05, 0) is 49.4 Å². The lowest BCUT2D eigenvalue weighted by Crippen LogP contribution is -2.19. The average Bonchev–Trinajstić information content (AvgIpc) is 2.28. The first-order valence-electron chi connectivity index (χ1n) is 6.40. The first-order valence-corrected chi connectivity index (χ1v) is 6.40. The quantitative estimate of drug-likeness (QED) is 0.795. The zero-order chi connectivity index (χ0) is 12.1. The summed E-state index contributed by atoms with van der Waals surface area (Å²) in [5.41, 5.74) is 6.33. The van der Waals surface area contributed by atoms with E-state index in [-0.39, 0.29) is 0 Å². The highest BCUT2D eigenvalue weighted by Gasteiger charge is 2.18. The lowest BCUT2D eigenvalue weighted by atomic mass is 9.86.